The first-order chi connectivity index (χ1) is 11.3. The van der Waals surface area contributed by atoms with E-state index in [1.54, 1.807) is 0 Å². The van der Waals surface area contributed by atoms with Crippen molar-refractivity contribution in [2.75, 3.05) is 0 Å². The number of hydrogen-bond donors (Lipinski definition) is 0. The first kappa shape index (κ1) is 13.3. The first-order valence-electron chi connectivity index (χ1n) is 7.70. The van der Waals surface area contributed by atoms with Gasteiger partial charge in [0.15, 0.2) is 0 Å². The molecule has 3 aromatic carbocycles. The average molecular weight is 330 g/mol. The number of thiophene rings is 2. The molecule has 0 radical (unpaired) electrons. The molecular formula is C21H14S2. The maximum absolute atomic E-state index is 2.34. The summed E-state index contributed by atoms with van der Waals surface area (Å²) in [6.07, 6.45) is 0. The van der Waals surface area contributed by atoms with E-state index >= 15 is 0 Å². The van der Waals surface area contributed by atoms with E-state index in [2.05, 4.69) is 73.7 Å². The van der Waals surface area contributed by atoms with Crippen molar-refractivity contribution in [3.05, 3.63) is 72.3 Å². The maximum Gasteiger partial charge on any atom is 0.0542 e. The molecule has 0 saturated heterocycles. The third kappa shape index (κ3) is 2.03. The molecule has 2 aromatic heterocycles. The lowest BCUT2D eigenvalue weighted by Crippen LogP contribution is -1.77. The van der Waals surface area contributed by atoms with Crippen molar-refractivity contribution in [2.24, 2.45) is 0 Å². The lowest BCUT2D eigenvalue weighted by molar-refractivity contribution is 1.47. The van der Waals surface area contributed by atoms with Gasteiger partial charge < -0.3 is 0 Å². The SMILES string of the molecule is Cc1ccc(-c2ccc3c(c2)sc2c4ccccc4sc32)cc1. The van der Waals surface area contributed by atoms with Gasteiger partial charge in [-0.2, -0.15) is 0 Å². The van der Waals surface area contributed by atoms with Crippen molar-refractivity contribution < 1.29 is 0 Å². The molecule has 23 heavy (non-hydrogen) atoms. The van der Waals surface area contributed by atoms with Gasteiger partial charge in [0.1, 0.15) is 0 Å². The largest absolute Gasteiger partial charge is 0.134 e. The minimum Gasteiger partial charge on any atom is -0.134 e. The predicted molar refractivity (Wildman–Crippen MR) is 105 cm³/mol. The van der Waals surface area contributed by atoms with Crippen LogP contribution in [0.15, 0.2) is 66.7 Å². The van der Waals surface area contributed by atoms with Gasteiger partial charge in [0.25, 0.3) is 0 Å². The van der Waals surface area contributed by atoms with E-state index in [0.717, 1.165) is 0 Å². The number of hydrogen-bond acceptors (Lipinski definition) is 2. The van der Waals surface area contributed by atoms with E-state index in [0.29, 0.717) is 0 Å². The smallest absolute Gasteiger partial charge is 0.0542 e. The fourth-order valence-corrected chi connectivity index (χ4v) is 5.82. The summed E-state index contributed by atoms with van der Waals surface area (Å²) in [5.41, 5.74) is 3.90. The summed E-state index contributed by atoms with van der Waals surface area (Å²) in [6.45, 7) is 2.13. The molecule has 0 bridgehead atoms. The predicted octanol–water partition coefficient (Wildman–Crippen LogP) is 7.24. The van der Waals surface area contributed by atoms with Crippen molar-refractivity contribution in [3.8, 4) is 11.1 Å². The third-order valence-corrected chi connectivity index (χ3v) is 6.89. The number of fused-ring (bicyclic) bond motifs is 5. The van der Waals surface area contributed by atoms with Crippen molar-refractivity contribution in [1.29, 1.82) is 0 Å². The number of aryl methyl sites for hydroxylation is 1. The summed E-state index contributed by atoms with van der Waals surface area (Å²) in [5.74, 6) is 0. The highest BCUT2D eigenvalue weighted by Crippen LogP contribution is 2.44. The lowest BCUT2D eigenvalue weighted by atomic mass is 10.0. The Morgan fingerprint density at radius 1 is 0.609 bits per heavy atom. The maximum atomic E-state index is 2.34. The Bertz CT molecular complexity index is 1160. The van der Waals surface area contributed by atoms with Crippen LogP contribution in [0.3, 0.4) is 0 Å². The molecule has 0 aliphatic rings. The molecule has 5 rings (SSSR count). The second-order valence-electron chi connectivity index (χ2n) is 5.94. The average Bonchev–Trinajstić information content (AvgIpc) is 3.11. The quantitative estimate of drug-likeness (QED) is 0.304. The molecule has 0 aliphatic heterocycles. The van der Waals surface area contributed by atoms with Gasteiger partial charge in [-0.1, -0.05) is 60.2 Å². The van der Waals surface area contributed by atoms with Gasteiger partial charge in [-0.15, -0.1) is 22.7 Å². The lowest BCUT2D eigenvalue weighted by Gasteiger charge is -2.02. The van der Waals surface area contributed by atoms with E-state index < -0.39 is 0 Å². The molecule has 0 amide bonds. The van der Waals surface area contributed by atoms with Crippen LogP contribution in [0, 0.1) is 6.92 Å². The van der Waals surface area contributed by atoms with Gasteiger partial charge in [-0.3, -0.25) is 0 Å². The van der Waals surface area contributed by atoms with Gasteiger partial charge in [-0.05, 0) is 30.2 Å². The zero-order chi connectivity index (χ0) is 15.4. The second-order valence-corrected chi connectivity index (χ2v) is 8.04. The van der Waals surface area contributed by atoms with E-state index in [9.17, 15) is 0 Å². The highest BCUT2D eigenvalue weighted by Gasteiger charge is 2.12. The normalized spacial score (nSPS) is 11.7. The van der Waals surface area contributed by atoms with E-state index in [-0.39, 0.29) is 0 Å². The molecule has 0 fully saturated rings. The van der Waals surface area contributed by atoms with Crippen molar-refractivity contribution in [3.63, 3.8) is 0 Å². The second kappa shape index (κ2) is 4.92. The highest BCUT2D eigenvalue weighted by molar-refractivity contribution is 7.36. The van der Waals surface area contributed by atoms with Crippen molar-refractivity contribution >= 4 is 52.2 Å². The van der Waals surface area contributed by atoms with Crippen LogP contribution in [0.4, 0.5) is 0 Å². The molecular weight excluding hydrogens is 316 g/mol. The first-order valence-corrected chi connectivity index (χ1v) is 9.34. The Morgan fingerprint density at radius 2 is 1.26 bits per heavy atom. The topological polar surface area (TPSA) is 0 Å². The van der Waals surface area contributed by atoms with Crippen LogP contribution in [0.25, 0.3) is 40.7 Å². The number of benzene rings is 3. The zero-order valence-corrected chi connectivity index (χ0v) is 14.3. The monoisotopic (exact) mass is 330 g/mol. The third-order valence-electron chi connectivity index (χ3n) is 4.37. The molecule has 2 heteroatoms. The van der Waals surface area contributed by atoms with E-state index in [1.165, 1.54) is 46.3 Å². The molecule has 0 aliphatic carbocycles. The molecule has 5 aromatic rings. The van der Waals surface area contributed by atoms with Gasteiger partial charge >= 0.3 is 0 Å². The number of rotatable bonds is 1. The fraction of sp³-hybridized carbons (Fsp3) is 0.0476. The van der Waals surface area contributed by atoms with Crippen LogP contribution in [-0.2, 0) is 0 Å². The molecule has 110 valence electrons. The minimum atomic E-state index is 1.29. The minimum absolute atomic E-state index is 1.29. The zero-order valence-electron chi connectivity index (χ0n) is 12.7. The molecule has 0 spiro atoms. The Morgan fingerprint density at radius 3 is 2.09 bits per heavy atom. The molecule has 0 N–H and O–H groups in total. The molecule has 2 heterocycles. The Balaban J connectivity index is 1.77. The van der Waals surface area contributed by atoms with Gasteiger partial charge in [-0.25, -0.2) is 0 Å². The van der Waals surface area contributed by atoms with Gasteiger partial charge in [0.2, 0.25) is 0 Å². The fourth-order valence-electron chi connectivity index (χ4n) is 3.13. The molecule has 0 saturated carbocycles. The van der Waals surface area contributed by atoms with Crippen LogP contribution >= 0.6 is 22.7 Å². The van der Waals surface area contributed by atoms with E-state index in [4.69, 9.17) is 0 Å². The van der Waals surface area contributed by atoms with Crippen LogP contribution in [-0.4, -0.2) is 0 Å². The van der Waals surface area contributed by atoms with Crippen LogP contribution < -0.4 is 0 Å². The summed E-state index contributed by atoms with van der Waals surface area (Å²) in [6, 6.07) is 24.4. The van der Waals surface area contributed by atoms with Crippen LogP contribution in [0.2, 0.25) is 0 Å². The van der Waals surface area contributed by atoms with Crippen LogP contribution in [0.1, 0.15) is 5.56 Å². The summed E-state index contributed by atoms with van der Waals surface area (Å²) < 4.78 is 5.64. The van der Waals surface area contributed by atoms with Crippen LogP contribution in [0.5, 0.6) is 0 Å². The van der Waals surface area contributed by atoms with E-state index in [1.807, 2.05) is 22.7 Å². The Kier molecular flexibility index (Phi) is 2.84. The Hall–Kier alpha value is -2.16. The van der Waals surface area contributed by atoms with Crippen molar-refractivity contribution in [1.82, 2.24) is 0 Å². The van der Waals surface area contributed by atoms with Crippen molar-refractivity contribution in [2.45, 2.75) is 6.92 Å². The summed E-state index contributed by atoms with van der Waals surface area (Å²) >= 11 is 3.83. The standard InChI is InChI=1S/C21H14S2/c1-13-6-8-14(9-7-13)15-10-11-17-19(12-15)23-20-16-4-2-3-5-18(16)22-21(17)20/h2-12H,1H3. The summed E-state index contributed by atoms with van der Waals surface area (Å²) in [7, 11) is 0. The molecule has 0 atom stereocenters. The van der Waals surface area contributed by atoms with Gasteiger partial charge in [0.05, 0.1) is 9.40 Å². The molecule has 0 nitrogen and oxygen atoms in total. The Labute approximate surface area is 142 Å². The summed E-state index contributed by atoms with van der Waals surface area (Å²) in [5, 5.41) is 2.78. The molecule has 0 unspecified atom stereocenters. The summed E-state index contributed by atoms with van der Waals surface area (Å²) in [4.78, 5) is 0. The van der Waals surface area contributed by atoms with Gasteiger partial charge in [0, 0.05) is 20.2 Å². The highest BCUT2D eigenvalue weighted by atomic mass is 32.1.